The van der Waals surface area contributed by atoms with E-state index in [1.54, 1.807) is 0 Å². The van der Waals surface area contributed by atoms with Gasteiger partial charge in [0.1, 0.15) is 0 Å². The molecular formula is H4ClO2Zr+3. The third-order valence-corrected chi connectivity index (χ3v) is 0. The first kappa shape index (κ1) is 71.4. The van der Waals surface area contributed by atoms with Crippen LogP contribution in [0, 0.1) is 12.4 Å². The van der Waals surface area contributed by atoms with Gasteiger partial charge >= 0.3 is 26.2 Å². The zero-order chi connectivity index (χ0) is 0. The van der Waals surface area contributed by atoms with Gasteiger partial charge in [0.15, 0.2) is 0 Å². The fourth-order valence-corrected chi connectivity index (χ4v) is 0. The molecule has 4 heteroatoms. The summed E-state index contributed by atoms with van der Waals surface area (Å²) in [4.78, 5) is 0. The number of rotatable bonds is 0. The summed E-state index contributed by atoms with van der Waals surface area (Å²) in [5.74, 6) is 0. The van der Waals surface area contributed by atoms with Crippen LogP contribution in [0.15, 0.2) is 0 Å². The Morgan fingerprint density at radius 2 is 1.00 bits per heavy atom. The molecule has 0 aliphatic carbocycles. The Balaban J connectivity index is 0. The van der Waals surface area contributed by atoms with Gasteiger partial charge in [-0.15, -0.1) is 0 Å². The van der Waals surface area contributed by atoms with Crippen LogP contribution in [0.4, 0.5) is 0 Å². The van der Waals surface area contributed by atoms with Crippen LogP contribution in [0.1, 0.15) is 0 Å². The van der Waals surface area contributed by atoms with Crippen molar-refractivity contribution >= 4 is 0 Å². The molecule has 0 saturated carbocycles. The third-order valence-electron chi connectivity index (χ3n) is 0. The zero-order valence-corrected chi connectivity index (χ0v) is 5.21. The summed E-state index contributed by atoms with van der Waals surface area (Å²) in [5.41, 5.74) is 0. The molecule has 0 rings (SSSR count). The summed E-state index contributed by atoms with van der Waals surface area (Å²) in [5, 5.41) is 0. The second-order valence-corrected chi connectivity index (χ2v) is 0. The summed E-state index contributed by atoms with van der Waals surface area (Å²) in [6.07, 6.45) is 0. The van der Waals surface area contributed by atoms with Gasteiger partial charge in [0, 0.05) is 0 Å². The molecule has 0 radical (unpaired) electrons. The summed E-state index contributed by atoms with van der Waals surface area (Å²) in [7, 11) is 0. The van der Waals surface area contributed by atoms with E-state index in [0.29, 0.717) is 0 Å². The molecule has 0 amide bonds. The Hall–Kier alpha value is 1.09. The van der Waals surface area contributed by atoms with Crippen LogP contribution in [0.25, 0.3) is 0 Å². The van der Waals surface area contributed by atoms with Gasteiger partial charge in [0.25, 0.3) is 0 Å². The average Bonchev–Trinajstić information content (AvgIpc) is 0. The second-order valence-electron chi connectivity index (χ2n) is 0. The van der Waals surface area contributed by atoms with Crippen molar-refractivity contribution in [2.24, 2.45) is 0 Å². The topological polar surface area (TPSA) is 60.0 Å². The first-order chi connectivity index (χ1) is 0. The molecular weight excluding hydrogens is 159 g/mol. The maximum absolute atomic E-state index is 0. The van der Waals surface area contributed by atoms with Crippen LogP contribution in [-0.2, 0) is 31.7 Å². The van der Waals surface area contributed by atoms with Crippen LogP contribution in [0.5, 0.6) is 0 Å². The molecule has 2 nitrogen and oxygen atoms in total. The Labute approximate surface area is 49.7 Å². The predicted molar refractivity (Wildman–Crippen MR) is 7.09 cm³/mol. The largest absolute Gasteiger partial charge is 4.00 e. The molecule has 0 aliphatic heterocycles. The van der Waals surface area contributed by atoms with Crippen molar-refractivity contribution in [2.45, 2.75) is 0 Å². The van der Waals surface area contributed by atoms with Crippen molar-refractivity contribution in [2.75, 3.05) is 0 Å². The molecule has 0 spiro atoms. The summed E-state index contributed by atoms with van der Waals surface area (Å²) < 4.78 is 0. The molecule has 0 aromatic carbocycles. The number of hydrogen-bond donors (Lipinski definition) is 0. The van der Waals surface area contributed by atoms with Crippen LogP contribution in [-0.4, -0.2) is 5.48 Å². The van der Waals surface area contributed by atoms with Crippen LogP contribution >= 0.6 is 0 Å². The molecule has 0 saturated heterocycles. The second kappa shape index (κ2) is 32.8. The summed E-state index contributed by atoms with van der Waals surface area (Å²) in [6, 6.07) is 0. The van der Waals surface area contributed by atoms with Gasteiger partial charge in [-0.1, -0.05) is 0 Å². The van der Waals surface area contributed by atoms with E-state index < -0.39 is 0 Å². The minimum Gasteiger partial charge on any atom is -2.00 e. The summed E-state index contributed by atoms with van der Waals surface area (Å²) >= 11 is 0. The Morgan fingerprint density at radius 1 is 1.00 bits per heavy atom. The maximum atomic E-state index is 0. The van der Waals surface area contributed by atoms with Gasteiger partial charge in [0.2, 0.25) is 0 Å². The fraction of sp³-hybridized carbons (Fsp3) is 0. The minimum absolute atomic E-state index is 0. The van der Waals surface area contributed by atoms with E-state index in [-0.39, 0.29) is 49.6 Å². The van der Waals surface area contributed by atoms with Crippen molar-refractivity contribution in [1.29, 1.82) is 0 Å². The molecule has 24 valence electrons. The normalized spacial score (nSPS) is 0. The van der Waals surface area contributed by atoms with E-state index >= 15 is 0 Å². The van der Waals surface area contributed by atoms with Gasteiger partial charge < -0.3 is 11.0 Å². The third kappa shape index (κ3) is 11.3. The van der Waals surface area contributed by atoms with E-state index in [9.17, 15) is 0 Å². The van der Waals surface area contributed by atoms with Crippen molar-refractivity contribution in [3.05, 3.63) is 0 Å². The number of hydrogen-bond acceptors (Lipinski definition) is 0. The molecule has 4 heavy (non-hydrogen) atoms. The Kier molecular flexibility index (Phi) is 585. The smallest absolute Gasteiger partial charge is 2.00 e. The van der Waals surface area contributed by atoms with Gasteiger partial charge in [-0.3, -0.25) is 0 Å². The van der Waals surface area contributed by atoms with Crippen LogP contribution in [0.2, 0.25) is 0 Å². The van der Waals surface area contributed by atoms with Crippen molar-refractivity contribution in [1.82, 2.24) is 0 Å². The van der Waals surface area contributed by atoms with E-state index in [1.807, 2.05) is 0 Å². The predicted octanol–water partition coefficient (Wildman–Crippen LogP) is -1.48. The molecule has 0 aliphatic rings. The van der Waals surface area contributed by atoms with Gasteiger partial charge in [-0.05, 0) is 0 Å². The first-order valence-electron chi connectivity index (χ1n) is 0. The molecule has 0 aromatic rings. The number of halogens is 1. The first-order valence-corrected chi connectivity index (χ1v) is 0. The zero-order valence-electron chi connectivity index (χ0n) is 1.86. The monoisotopic (exact) mass is 161 g/mol. The van der Waals surface area contributed by atoms with Gasteiger partial charge in [-0.25, -0.2) is 0 Å². The van der Waals surface area contributed by atoms with Crippen molar-refractivity contribution in [3.8, 4) is 0 Å². The minimum atomic E-state index is 0. The molecule has 0 aromatic heterocycles. The quantitative estimate of drug-likeness (QED) is 0.417. The van der Waals surface area contributed by atoms with Gasteiger partial charge in [-0.2, -0.15) is 0 Å². The summed E-state index contributed by atoms with van der Waals surface area (Å²) in [6.45, 7) is 0. The maximum Gasteiger partial charge on any atom is 4.00 e. The average molecular weight is 163 g/mol. The molecule has 0 heterocycles. The van der Waals surface area contributed by atoms with Gasteiger partial charge in [0.05, 0.1) is 12.4 Å². The van der Waals surface area contributed by atoms with Crippen molar-refractivity contribution in [3.63, 3.8) is 0 Å². The van der Waals surface area contributed by atoms with E-state index in [1.165, 1.54) is 0 Å². The molecule has 2 N–H and O–H groups in total. The van der Waals surface area contributed by atoms with Crippen LogP contribution in [0.3, 0.4) is 0 Å². The van der Waals surface area contributed by atoms with Crippen LogP contribution < -0.4 is 0 Å². The molecule has 0 atom stereocenters. The SMILES string of the molecule is O.[ClH2+].[O-2].[Zr+4]. The Morgan fingerprint density at radius 3 is 1.00 bits per heavy atom. The van der Waals surface area contributed by atoms with E-state index in [0.717, 1.165) is 0 Å². The van der Waals surface area contributed by atoms with Crippen molar-refractivity contribution < 1.29 is 49.6 Å². The molecule has 0 unspecified atom stereocenters. The van der Waals surface area contributed by atoms with E-state index in [4.69, 9.17) is 0 Å². The standard InChI is InChI=1S/ClH2.H2O.O.Zr/h2*1H2;;/q+1;;-2;+4. The van der Waals surface area contributed by atoms with E-state index in [2.05, 4.69) is 0 Å². The molecule has 0 bridgehead atoms. The molecule has 0 fully saturated rings. The Bertz CT molecular complexity index is 6.00. The fourth-order valence-electron chi connectivity index (χ4n) is 0.